The number of esters is 1. The van der Waals surface area contributed by atoms with Crippen LogP contribution in [0.5, 0.6) is 5.75 Å². The average molecular weight is 317 g/mol. The highest BCUT2D eigenvalue weighted by atomic mass is 16.5. The third-order valence-corrected chi connectivity index (χ3v) is 3.36. The summed E-state index contributed by atoms with van der Waals surface area (Å²) in [4.78, 5) is 23.9. The lowest BCUT2D eigenvalue weighted by Gasteiger charge is -2.13. The van der Waals surface area contributed by atoms with Gasteiger partial charge in [-0.05, 0) is 37.6 Å². The summed E-state index contributed by atoms with van der Waals surface area (Å²) in [6.07, 6.45) is 0.510. The first-order valence-electron chi connectivity index (χ1n) is 7.17. The number of carbonyl (C=O) groups is 2. The van der Waals surface area contributed by atoms with Gasteiger partial charge >= 0.3 is 5.97 Å². The number of hydrogen-bond acceptors (Lipinski definition) is 5. The van der Waals surface area contributed by atoms with E-state index in [9.17, 15) is 9.59 Å². The number of benzene rings is 1. The molecular weight excluding hydrogens is 298 g/mol. The third kappa shape index (κ3) is 4.35. The van der Waals surface area contributed by atoms with E-state index in [0.717, 1.165) is 11.3 Å². The van der Waals surface area contributed by atoms with Gasteiger partial charge in [0.25, 0.3) is 5.91 Å². The Morgan fingerprint density at radius 1 is 1.22 bits per heavy atom. The zero-order valence-electron chi connectivity index (χ0n) is 13.3. The van der Waals surface area contributed by atoms with Gasteiger partial charge in [-0.1, -0.05) is 12.1 Å². The first-order chi connectivity index (χ1) is 11.0. The predicted molar refractivity (Wildman–Crippen MR) is 83.2 cm³/mol. The van der Waals surface area contributed by atoms with Gasteiger partial charge in [-0.2, -0.15) is 0 Å². The Balaban J connectivity index is 1.84. The lowest BCUT2D eigenvalue weighted by molar-refractivity contribution is -0.129. The highest BCUT2D eigenvalue weighted by Gasteiger charge is 2.20. The van der Waals surface area contributed by atoms with E-state index in [1.54, 1.807) is 14.0 Å². The Morgan fingerprint density at radius 3 is 2.48 bits per heavy atom. The molecule has 1 aromatic carbocycles. The molecule has 0 saturated carbocycles. The molecule has 6 nitrogen and oxygen atoms in total. The molecule has 0 fully saturated rings. The summed E-state index contributed by atoms with van der Waals surface area (Å²) in [6, 6.07) is 8.84. The van der Waals surface area contributed by atoms with E-state index in [2.05, 4.69) is 5.32 Å². The van der Waals surface area contributed by atoms with E-state index in [4.69, 9.17) is 13.9 Å². The van der Waals surface area contributed by atoms with Crippen molar-refractivity contribution in [3.63, 3.8) is 0 Å². The van der Waals surface area contributed by atoms with E-state index in [-0.39, 0.29) is 5.91 Å². The van der Waals surface area contributed by atoms with E-state index >= 15 is 0 Å². The van der Waals surface area contributed by atoms with Crippen LogP contribution in [0.15, 0.2) is 41.0 Å². The Morgan fingerprint density at radius 2 is 1.91 bits per heavy atom. The van der Waals surface area contributed by atoms with Crippen LogP contribution in [0.4, 0.5) is 0 Å². The molecule has 122 valence electrons. The molecule has 0 aliphatic rings. The van der Waals surface area contributed by atoms with Crippen LogP contribution >= 0.6 is 0 Å². The van der Waals surface area contributed by atoms with Gasteiger partial charge in [0.05, 0.1) is 13.4 Å². The van der Waals surface area contributed by atoms with Gasteiger partial charge in [-0.3, -0.25) is 4.79 Å². The van der Waals surface area contributed by atoms with Crippen LogP contribution < -0.4 is 10.1 Å². The van der Waals surface area contributed by atoms with E-state index in [1.165, 1.54) is 19.3 Å². The normalized spacial score (nSPS) is 11.6. The number of amides is 1. The highest BCUT2D eigenvalue weighted by molar-refractivity contribution is 5.92. The molecule has 1 aromatic heterocycles. The molecule has 6 heteroatoms. The van der Waals surface area contributed by atoms with Crippen LogP contribution in [0.25, 0.3) is 0 Å². The zero-order chi connectivity index (χ0) is 16.8. The van der Waals surface area contributed by atoms with Crippen LogP contribution in [0.2, 0.25) is 0 Å². The van der Waals surface area contributed by atoms with Crippen molar-refractivity contribution >= 4 is 11.9 Å². The molecule has 0 radical (unpaired) electrons. The molecule has 1 atom stereocenters. The number of furan rings is 1. The predicted octanol–water partition coefficient (Wildman–Crippen LogP) is 2.46. The van der Waals surface area contributed by atoms with Crippen molar-refractivity contribution in [2.75, 3.05) is 7.11 Å². The van der Waals surface area contributed by atoms with Crippen molar-refractivity contribution in [2.45, 2.75) is 26.5 Å². The molecule has 0 aliphatic heterocycles. The fourth-order valence-electron chi connectivity index (χ4n) is 1.95. The summed E-state index contributed by atoms with van der Waals surface area (Å²) in [5.74, 6) is 0.261. The van der Waals surface area contributed by atoms with Crippen molar-refractivity contribution in [2.24, 2.45) is 0 Å². The van der Waals surface area contributed by atoms with Crippen LogP contribution in [0.1, 0.15) is 28.6 Å². The zero-order valence-corrected chi connectivity index (χ0v) is 13.3. The molecule has 1 amide bonds. The Bertz CT molecular complexity index is 675. The van der Waals surface area contributed by atoms with Crippen molar-refractivity contribution < 1.29 is 23.5 Å². The van der Waals surface area contributed by atoms with Crippen LogP contribution in [-0.4, -0.2) is 25.1 Å². The van der Waals surface area contributed by atoms with Crippen molar-refractivity contribution in [1.82, 2.24) is 5.32 Å². The molecule has 0 bridgehead atoms. The number of methoxy groups -OCH3 is 1. The highest BCUT2D eigenvalue weighted by Crippen LogP contribution is 2.12. The van der Waals surface area contributed by atoms with Gasteiger partial charge in [0.15, 0.2) is 6.10 Å². The quantitative estimate of drug-likeness (QED) is 0.828. The fraction of sp³-hybridized carbons (Fsp3) is 0.294. The second-order valence-corrected chi connectivity index (χ2v) is 5.00. The molecule has 23 heavy (non-hydrogen) atoms. The average Bonchev–Trinajstić information content (AvgIpc) is 2.99. The Kier molecular flexibility index (Phi) is 5.41. The van der Waals surface area contributed by atoms with Gasteiger partial charge in [0.1, 0.15) is 17.1 Å². The van der Waals surface area contributed by atoms with Crippen molar-refractivity contribution in [1.29, 1.82) is 0 Å². The maximum Gasteiger partial charge on any atom is 0.342 e. The molecule has 0 aliphatic carbocycles. The Hall–Kier alpha value is -2.76. The monoisotopic (exact) mass is 317 g/mol. The maximum absolute atomic E-state index is 12.0. The summed E-state index contributed by atoms with van der Waals surface area (Å²) < 4.78 is 15.2. The maximum atomic E-state index is 12.0. The summed E-state index contributed by atoms with van der Waals surface area (Å²) >= 11 is 0. The molecular formula is C17H19NO5. The molecule has 1 unspecified atom stereocenters. The number of carbonyl (C=O) groups excluding carboxylic acids is 2. The smallest absolute Gasteiger partial charge is 0.342 e. The van der Waals surface area contributed by atoms with Gasteiger partial charge in [0.2, 0.25) is 0 Å². The summed E-state index contributed by atoms with van der Waals surface area (Å²) in [6.45, 7) is 3.52. The number of nitrogens with one attached hydrogen (secondary N) is 1. The largest absolute Gasteiger partial charge is 0.497 e. The van der Waals surface area contributed by atoms with Gasteiger partial charge < -0.3 is 19.2 Å². The number of hydrogen-bond donors (Lipinski definition) is 1. The molecule has 1 N–H and O–H groups in total. The molecule has 2 aromatic rings. The number of ether oxygens (including phenoxy) is 2. The Labute approximate surface area is 134 Å². The minimum Gasteiger partial charge on any atom is -0.497 e. The van der Waals surface area contributed by atoms with Crippen molar-refractivity contribution in [3.05, 3.63) is 53.5 Å². The lowest BCUT2D eigenvalue weighted by Crippen LogP contribution is -2.35. The first kappa shape index (κ1) is 16.6. The molecule has 2 rings (SSSR count). The number of rotatable bonds is 6. The number of aryl methyl sites for hydroxylation is 1. The van der Waals surface area contributed by atoms with Gasteiger partial charge in [-0.15, -0.1) is 0 Å². The van der Waals surface area contributed by atoms with Gasteiger partial charge in [0, 0.05) is 6.54 Å². The third-order valence-electron chi connectivity index (χ3n) is 3.36. The fourth-order valence-corrected chi connectivity index (χ4v) is 1.95. The van der Waals surface area contributed by atoms with E-state index < -0.39 is 12.1 Å². The summed E-state index contributed by atoms with van der Waals surface area (Å²) in [5.41, 5.74) is 1.24. The minimum atomic E-state index is -0.893. The van der Waals surface area contributed by atoms with Gasteiger partial charge in [-0.25, -0.2) is 4.79 Å². The van der Waals surface area contributed by atoms with Crippen LogP contribution in [0.3, 0.4) is 0 Å². The SMILES string of the molecule is COc1ccc(CNC(=O)C(C)OC(=O)c2ccoc2C)cc1. The van der Waals surface area contributed by atoms with E-state index in [0.29, 0.717) is 17.9 Å². The van der Waals surface area contributed by atoms with E-state index in [1.807, 2.05) is 24.3 Å². The molecule has 1 heterocycles. The molecule has 0 spiro atoms. The van der Waals surface area contributed by atoms with Crippen LogP contribution in [0, 0.1) is 6.92 Å². The second kappa shape index (κ2) is 7.49. The summed E-state index contributed by atoms with van der Waals surface area (Å²) in [5, 5.41) is 2.72. The summed E-state index contributed by atoms with van der Waals surface area (Å²) in [7, 11) is 1.59. The molecule has 0 saturated heterocycles. The topological polar surface area (TPSA) is 77.8 Å². The standard InChI is InChI=1S/C17H19NO5/c1-11-15(8-9-22-11)17(20)23-12(2)16(19)18-10-13-4-6-14(21-3)7-5-13/h4-9,12H,10H2,1-3H3,(H,18,19). The van der Waals surface area contributed by atoms with Crippen molar-refractivity contribution in [3.8, 4) is 5.75 Å². The van der Waals surface area contributed by atoms with Crippen LogP contribution in [-0.2, 0) is 16.1 Å². The second-order valence-electron chi connectivity index (χ2n) is 5.00. The first-order valence-corrected chi connectivity index (χ1v) is 7.17. The minimum absolute atomic E-state index is 0.319. The lowest BCUT2D eigenvalue weighted by atomic mass is 10.2.